The molecule has 0 atom stereocenters. The number of carbonyl (C=O) groups is 1. The lowest BCUT2D eigenvalue weighted by atomic mass is 10.0. The van der Waals surface area contributed by atoms with Crippen molar-refractivity contribution in [1.29, 1.82) is 0 Å². The Morgan fingerprint density at radius 1 is 1.50 bits per heavy atom. The van der Waals surface area contributed by atoms with Gasteiger partial charge < -0.3 is 4.74 Å². The molecule has 0 aliphatic heterocycles. The second kappa shape index (κ2) is 3.96. The number of aromatic nitrogens is 2. The van der Waals surface area contributed by atoms with E-state index in [1.165, 1.54) is 12.7 Å². The highest BCUT2D eigenvalue weighted by molar-refractivity contribution is 6.04. The van der Waals surface area contributed by atoms with Crippen LogP contribution < -0.4 is 0 Å². The van der Waals surface area contributed by atoms with E-state index in [4.69, 9.17) is 4.74 Å². The quantitative estimate of drug-likeness (QED) is 0.723. The molecule has 1 aromatic carbocycles. The zero-order chi connectivity index (χ0) is 11.7. The number of rotatable bonds is 2. The average molecular weight is 218 g/mol. The van der Waals surface area contributed by atoms with Crippen LogP contribution in [0.25, 0.3) is 10.9 Å². The van der Waals surface area contributed by atoms with E-state index in [9.17, 15) is 4.79 Å². The number of ether oxygens (including phenoxy) is 1. The van der Waals surface area contributed by atoms with Gasteiger partial charge in [0.15, 0.2) is 0 Å². The number of benzene rings is 1. The molecular weight excluding hydrogens is 204 g/mol. The van der Waals surface area contributed by atoms with E-state index in [-0.39, 0.29) is 5.97 Å². The molecule has 0 aliphatic rings. The third-order valence-electron chi connectivity index (χ3n) is 2.77. The summed E-state index contributed by atoms with van der Waals surface area (Å²) in [4.78, 5) is 11.6. The fourth-order valence-electron chi connectivity index (χ4n) is 1.94. The summed E-state index contributed by atoms with van der Waals surface area (Å²) in [6.07, 6.45) is 2.62. The zero-order valence-electron chi connectivity index (χ0n) is 9.65. The SMILES string of the molecule is CCc1ccc(C(=O)OC)c2cnn(C)c12. The van der Waals surface area contributed by atoms with E-state index in [1.807, 2.05) is 13.1 Å². The fourth-order valence-corrected chi connectivity index (χ4v) is 1.94. The lowest BCUT2D eigenvalue weighted by Crippen LogP contribution is -2.03. The van der Waals surface area contributed by atoms with Gasteiger partial charge in [0.25, 0.3) is 0 Å². The van der Waals surface area contributed by atoms with Crippen LogP contribution in [0.1, 0.15) is 22.8 Å². The molecule has 4 nitrogen and oxygen atoms in total. The molecule has 0 bridgehead atoms. The third kappa shape index (κ3) is 1.46. The summed E-state index contributed by atoms with van der Waals surface area (Å²) < 4.78 is 6.54. The van der Waals surface area contributed by atoms with Crippen molar-refractivity contribution in [2.24, 2.45) is 7.05 Å². The van der Waals surface area contributed by atoms with Gasteiger partial charge in [-0.3, -0.25) is 4.68 Å². The topological polar surface area (TPSA) is 44.1 Å². The van der Waals surface area contributed by atoms with Gasteiger partial charge in [0, 0.05) is 12.4 Å². The van der Waals surface area contributed by atoms with Gasteiger partial charge in [-0.05, 0) is 18.1 Å². The molecule has 0 amide bonds. The van der Waals surface area contributed by atoms with Crippen LogP contribution in [-0.2, 0) is 18.2 Å². The summed E-state index contributed by atoms with van der Waals surface area (Å²) in [5.41, 5.74) is 2.76. The van der Waals surface area contributed by atoms with Gasteiger partial charge in [0.2, 0.25) is 0 Å². The lowest BCUT2D eigenvalue weighted by molar-refractivity contribution is 0.0603. The largest absolute Gasteiger partial charge is 0.465 e. The van der Waals surface area contributed by atoms with Gasteiger partial charge in [0.1, 0.15) is 0 Å². The molecule has 16 heavy (non-hydrogen) atoms. The van der Waals surface area contributed by atoms with Gasteiger partial charge in [-0.15, -0.1) is 0 Å². The summed E-state index contributed by atoms with van der Waals surface area (Å²) in [6, 6.07) is 3.75. The van der Waals surface area contributed by atoms with Gasteiger partial charge in [0.05, 0.1) is 24.4 Å². The molecule has 2 rings (SSSR count). The first-order valence-corrected chi connectivity index (χ1v) is 5.21. The van der Waals surface area contributed by atoms with Crippen LogP contribution in [0.2, 0.25) is 0 Å². The van der Waals surface area contributed by atoms with Crippen molar-refractivity contribution >= 4 is 16.9 Å². The van der Waals surface area contributed by atoms with Crippen LogP contribution in [0.4, 0.5) is 0 Å². The average Bonchev–Trinajstić information content (AvgIpc) is 2.70. The van der Waals surface area contributed by atoms with Crippen LogP contribution in [0.5, 0.6) is 0 Å². The number of esters is 1. The van der Waals surface area contributed by atoms with Crippen LogP contribution in [0, 0.1) is 0 Å². The number of fused-ring (bicyclic) bond motifs is 1. The molecule has 1 heterocycles. The van der Waals surface area contributed by atoms with Crippen molar-refractivity contribution in [3.8, 4) is 0 Å². The van der Waals surface area contributed by atoms with E-state index in [0.29, 0.717) is 5.56 Å². The maximum Gasteiger partial charge on any atom is 0.338 e. The minimum Gasteiger partial charge on any atom is -0.465 e. The standard InChI is InChI=1S/C12H14N2O2/c1-4-8-5-6-9(12(15)16-3)10-7-13-14(2)11(8)10/h5-7H,4H2,1-3H3. The minimum atomic E-state index is -0.319. The van der Waals surface area contributed by atoms with Crippen molar-refractivity contribution in [2.75, 3.05) is 7.11 Å². The summed E-state index contributed by atoms with van der Waals surface area (Å²) in [5, 5.41) is 5.05. The number of hydrogen-bond donors (Lipinski definition) is 0. The van der Waals surface area contributed by atoms with E-state index in [2.05, 4.69) is 12.0 Å². The predicted molar refractivity (Wildman–Crippen MR) is 61.4 cm³/mol. The first-order chi connectivity index (χ1) is 7.69. The van der Waals surface area contributed by atoms with Crippen molar-refractivity contribution < 1.29 is 9.53 Å². The van der Waals surface area contributed by atoms with Gasteiger partial charge in [-0.25, -0.2) is 4.79 Å². The van der Waals surface area contributed by atoms with Crippen molar-refractivity contribution in [3.63, 3.8) is 0 Å². The molecule has 0 fully saturated rings. The van der Waals surface area contributed by atoms with Crippen LogP contribution in [0.15, 0.2) is 18.3 Å². The highest BCUT2D eigenvalue weighted by Crippen LogP contribution is 2.23. The Bertz CT molecular complexity index is 543. The first-order valence-electron chi connectivity index (χ1n) is 5.21. The van der Waals surface area contributed by atoms with E-state index >= 15 is 0 Å². The number of nitrogens with zero attached hydrogens (tertiary/aromatic N) is 2. The van der Waals surface area contributed by atoms with E-state index < -0.39 is 0 Å². The van der Waals surface area contributed by atoms with Gasteiger partial charge in [-0.1, -0.05) is 13.0 Å². The lowest BCUT2D eigenvalue weighted by Gasteiger charge is -2.05. The molecule has 0 unspecified atom stereocenters. The van der Waals surface area contributed by atoms with Gasteiger partial charge >= 0.3 is 5.97 Å². The van der Waals surface area contributed by atoms with Crippen molar-refractivity contribution in [3.05, 3.63) is 29.5 Å². The second-order valence-corrected chi connectivity index (χ2v) is 3.65. The summed E-state index contributed by atoms with van der Waals surface area (Å²) in [6.45, 7) is 2.08. The summed E-state index contributed by atoms with van der Waals surface area (Å²) in [5.74, 6) is -0.319. The smallest absolute Gasteiger partial charge is 0.338 e. The molecule has 2 aromatic rings. The highest BCUT2D eigenvalue weighted by Gasteiger charge is 2.14. The molecular formula is C12H14N2O2. The Labute approximate surface area is 93.8 Å². The molecule has 0 radical (unpaired) electrons. The van der Waals surface area contributed by atoms with Crippen molar-refractivity contribution in [2.45, 2.75) is 13.3 Å². The summed E-state index contributed by atoms with van der Waals surface area (Å²) >= 11 is 0. The minimum absolute atomic E-state index is 0.319. The van der Waals surface area contributed by atoms with Crippen molar-refractivity contribution in [1.82, 2.24) is 9.78 Å². The number of methoxy groups -OCH3 is 1. The molecule has 0 saturated carbocycles. The fraction of sp³-hybridized carbons (Fsp3) is 0.333. The maximum atomic E-state index is 11.6. The second-order valence-electron chi connectivity index (χ2n) is 3.65. The summed E-state index contributed by atoms with van der Waals surface area (Å²) in [7, 11) is 3.26. The Morgan fingerprint density at radius 3 is 2.88 bits per heavy atom. The van der Waals surface area contributed by atoms with E-state index in [1.54, 1.807) is 16.9 Å². The van der Waals surface area contributed by atoms with Gasteiger partial charge in [-0.2, -0.15) is 5.10 Å². The Morgan fingerprint density at radius 2 is 2.25 bits per heavy atom. The molecule has 0 spiro atoms. The Kier molecular flexibility index (Phi) is 2.64. The Hall–Kier alpha value is -1.84. The monoisotopic (exact) mass is 218 g/mol. The Balaban J connectivity index is 2.76. The molecule has 0 saturated heterocycles. The zero-order valence-corrected chi connectivity index (χ0v) is 9.65. The molecule has 4 heteroatoms. The normalized spacial score (nSPS) is 10.7. The van der Waals surface area contributed by atoms with E-state index in [0.717, 1.165) is 17.3 Å². The molecule has 1 aromatic heterocycles. The van der Waals surface area contributed by atoms with Crippen LogP contribution >= 0.6 is 0 Å². The number of hydrogen-bond acceptors (Lipinski definition) is 3. The highest BCUT2D eigenvalue weighted by atomic mass is 16.5. The number of aryl methyl sites for hydroxylation is 2. The number of carbonyl (C=O) groups excluding carboxylic acids is 1. The molecule has 0 aliphatic carbocycles. The maximum absolute atomic E-state index is 11.6. The third-order valence-corrected chi connectivity index (χ3v) is 2.77. The van der Waals surface area contributed by atoms with Crippen LogP contribution in [-0.4, -0.2) is 22.9 Å². The molecule has 84 valence electrons. The first kappa shape index (κ1) is 10.7. The van der Waals surface area contributed by atoms with Crippen LogP contribution in [0.3, 0.4) is 0 Å². The predicted octanol–water partition coefficient (Wildman–Crippen LogP) is 1.92. The molecule has 0 N–H and O–H groups in total.